The molecule has 0 N–H and O–H groups in total. The van der Waals surface area contributed by atoms with Gasteiger partial charge in [0.15, 0.2) is 0 Å². The molecular formula is C19H28ClNO2. The molecule has 1 heterocycles. The Morgan fingerprint density at radius 2 is 1.74 bits per heavy atom. The van der Waals surface area contributed by atoms with E-state index in [0.29, 0.717) is 0 Å². The molecule has 1 aromatic rings. The van der Waals surface area contributed by atoms with Crippen LogP contribution in [0, 0.1) is 12.8 Å². The van der Waals surface area contributed by atoms with Gasteiger partial charge in [0.2, 0.25) is 0 Å². The highest BCUT2D eigenvalue weighted by molar-refractivity contribution is 5.85. The van der Waals surface area contributed by atoms with Crippen LogP contribution < -0.4 is 0 Å². The van der Waals surface area contributed by atoms with Crippen LogP contribution in [0.2, 0.25) is 0 Å². The molecule has 3 rings (SSSR count). The molecule has 2 atom stereocenters. The van der Waals surface area contributed by atoms with Crippen molar-refractivity contribution in [2.75, 3.05) is 20.6 Å². The van der Waals surface area contributed by atoms with E-state index in [1.807, 2.05) is 14.1 Å². The van der Waals surface area contributed by atoms with Crippen LogP contribution in [0.1, 0.15) is 49.1 Å². The standard InChI is InChI=1S/C19H27NO2.ClH/c1-14-7-9-15(10-8-14)17-16(13-20(2)3)18(21)22-19(17)11-5-4-6-12-19;/h7-10,16-17H,4-6,11-13H2,1-3H3;1H. The van der Waals surface area contributed by atoms with Crippen LogP contribution in [0.3, 0.4) is 0 Å². The summed E-state index contributed by atoms with van der Waals surface area (Å²) in [7, 11) is 4.07. The molecule has 0 radical (unpaired) electrons. The summed E-state index contributed by atoms with van der Waals surface area (Å²) in [6.45, 7) is 2.87. The second-order valence-corrected chi connectivity index (χ2v) is 7.30. The van der Waals surface area contributed by atoms with Crippen LogP contribution in [0.5, 0.6) is 0 Å². The Bertz CT molecular complexity index is 535. The number of carbonyl (C=O) groups is 1. The maximum absolute atomic E-state index is 12.6. The molecule has 128 valence electrons. The molecule has 1 aliphatic heterocycles. The van der Waals surface area contributed by atoms with E-state index in [9.17, 15) is 4.79 Å². The first-order valence-electron chi connectivity index (χ1n) is 8.46. The minimum absolute atomic E-state index is 0. The van der Waals surface area contributed by atoms with Gasteiger partial charge in [-0.15, -0.1) is 12.4 Å². The van der Waals surface area contributed by atoms with Crippen molar-refractivity contribution in [3.63, 3.8) is 0 Å². The zero-order chi connectivity index (χ0) is 15.7. The fourth-order valence-corrected chi connectivity index (χ4v) is 4.29. The zero-order valence-electron chi connectivity index (χ0n) is 14.4. The number of ether oxygens (including phenoxy) is 1. The molecule has 2 unspecified atom stereocenters. The van der Waals surface area contributed by atoms with Crippen molar-refractivity contribution in [2.24, 2.45) is 5.92 Å². The molecule has 2 fully saturated rings. The first kappa shape index (κ1) is 18.3. The van der Waals surface area contributed by atoms with Crippen molar-refractivity contribution < 1.29 is 9.53 Å². The van der Waals surface area contributed by atoms with E-state index in [-0.39, 0.29) is 35.8 Å². The number of hydrogen-bond donors (Lipinski definition) is 0. The maximum Gasteiger partial charge on any atom is 0.311 e. The van der Waals surface area contributed by atoms with E-state index < -0.39 is 0 Å². The van der Waals surface area contributed by atoms with Gasteiger partial charge in [-0.25, -0.2) is 0 Å². The third-order valence-corrected chi connectivity index (χ3v) is 5.27. The first-order valence-corrected chi connectivity index (χ1v) is 8.46. The number of benzene rings is 1. The van der Waals surface area contributed by atoms with E-state index in [0.717, 1.165) is 19.4 Å². The van der Waals surface area contributed by atoms with Crippen molar-refractivity contribution in [1.29, 1.82) is 0 Å². The monoisotopic (exact) mass is 337 g/mol. The van der Waals surface area contributed by atoms with Gasteiger partial charge in [0.1, 0.15) is 5.60 Å². The molecule has 3 nitrogen and oxygen atoms in total. The van der Waals surface area contributed by atoms with Crippen LogP contribution in [0.25, 0.3) is 0 Å². The Labute approximate surface area is 145 Å². The fourth-order valence-electron chi connectivity index (χ4n) is 4.29. The molecule has 1 spiro atoms. The van der Waals surface area contributed by atoms with Gasteiger partial charge in [-0.05, 0) is 52.3 Å². The van der Waals surface area contributed by atoms with Gasteiger partial charge in [0, 0.05) is 12.5 Å². The minimum atomic E-state index is -0.259. The highest BCUT2D eigenvalue weighted by atomic mass is 35.5. The lowest BCUT2D eigenvalue weighted by Gasteiger charge is -2.38. The molecule has 1 saturated carbocycles. The molecule has 4 heteroatoms. The Hall–Kier alpha value is -1.06. The van der Waals surface area contributed by atoms with Gasteiger partial charge in [0.25, 0.3) is 0 Å². The maximum atomic E-state index is 12.6. The van der Waals surface area contributed by atoms with Gasteiger partial charge >= 0.3 is 5.97 Å². The number of nitrogens with zero attached hydrogens (tertiary/aromatic N) is 1. The summed E-state index contributed by atoms with van der Waals surface area (Å²) >= 11 is 0. The van der Waals surface area contributed by atoms with Gasteiger partial charge in [-0.2, -0.15) is 0 Å². The smallest absolute Gasteiger partial charge is 0.311 e. The van der Waals surface area contributed by atoms with E-state index in [4.69, 9.17) is 4.74 Å². The minimum Gasteiger partial charge on any atom is -0.458 e. The molecule has 0 amide bonds. The molecule has 23 heavy (non-hydrogen) atoms. The predicted octanol–water partition coefficient (Wildman–Crippen LogP) is 3.94. The summed E-state index contributed by atoms with van der Waals surface area (Å²) in [5.41, 5.74) is 2.27. The summed E-state index contributed by atoms with van der Waals surface area (Å²) in [5.74, 6) is 0.153. The first-order chi connectivity index (χ1) is 10.5. The van der Waals surface area contributed by atoms with Gasteiger partial charge in [-0.3, -0.25) is 4.79 Å². The van der Waals surface area contributed by atoms with Crippen LogP contribution in [0.4, 0.5) is 0 Å². The summed E-state index contributed by atoms with van der Waals surface area (Å²) in [6, 6.07) is 8.70. The van der Waals surface area contributed by atoms with Crippen molar-refractivity contribution in [1.82, 2.24) is 4.90 Å². The third-order valence-electron chi connectivity index (χ3n) is 5.27. The Morgan fingerprint density at radius 3 is 2.30 bits per heavy atom. The van der Waals surface area contributed by atoms with E-state index >= 15 is 0 Å². The Balaban J connectivity index is 0.00000192. The van der Waals surface area contributed by atoms with E-state index in [1.54, 1.807) is 0 Å². The van der Waals surface area contributed by atoms with Crippen molar-refractivity contribution in [3.8, 4) is 0 Å². The van der Waals surface area contributed by atoms with Gasteiger partial charge in [-0.1, -0.05) is 36.2 Å². The number of carbonyl (C=O) groups excluding carboxylic acids is 1. The number of halogens is 1. The average Bonchev–Trinajstić information content (AvgIpc) is 2.72. The van der Waals surface area contributed by atoms with Crippen LogP contribution in [-0.4, -0.2) is 37.1 Å². The van der Waals surface area contributed by atoms with Crippen molar-refractivity contribution in [3.05, 3.63) is 35.4 Å². The van der Waals surface area contributed by atoms with Crippen LogP contribution in [-0.2, 0) is 9.53 Å². The topological polar surface area (TPSA) is 29.5 Å². The SMILES string of the molecule is Cc1ccc(C2C(CN(C)C)C(=O)OC23CCCCC3)cc1.Cl. The van der Waals surface area contributed by atoms with E-state index in [1.165, 1.54) is 30.4 Å². The summed E-state index contributed by atoms with van der Waals surface area (Å²) < 4.78 is 6.03. The molecule has 0 aromatic heterocycles. The summed E-state index contributed by atoms with van der Waals surface area (Å²) in [5, 5.41) is 0. The molecule has 1 aromatic carbocycles. The van der Waals surface area contributed by atoms with E-state index in [2.05, 4.69) is 36.1 Å². The average molecular weight is 338 g/mol. The lowest BCUT2D eigenvalue weighted by Crippen LogP contribution is -2.39. The van der Waals surface area contributed by atoms with Crippen molar-refractivity contribution >= 4 is 18.4 Å². The Morgan fingerprint density at radius 1 is 1.13 bits per heavy atom. The van der Waals surface area contributed by atoms with Crippen LogP contribution >= 0.6 is 12.4 Å². The molecule has 2 aliphatic rings. The second-order valence-electron chi connectivity index (χ2n) is 7.30. The molecular weight excluding hydrogens is 310 g/mol. The number of hydrogen-bond acceptors (Lipinski definition) is 3. The fraction of sp³-hybridized carbons (Fsp3) is 0.632. The highest BCUT2D eigenvalue weighted by Gasteiger charge is 2.55. The predicted molar refractivity (Wildman–Crippen MR) is 95.1 cm³/mol. The highest BCUT2D eigenvalue weighted by Crippen LogP contribution is 2.52. The normalized spacial score (nSPS) is 26.2. The molecule has 0 bridgehead atoms. The Kier molecular flexibility index (Phi) is 5.74. The van der Waals surface area contributed by atoms with Gasteiger partial charge < -0.3 is 9.64 Å². The quantitative estimate of drug-likeness (QED) is 0.782. The number of aryl methyl sites for hydroxylation is 1. The molecule has 1 aliphatic carbocycles. The molecule has 1 saturated heterocycles. The van der Waals surface area contributed by atoms with Gasteiger partial charge in [0.05, 0.1) is 5.92 Å². The number of esters is 1. The lowest BCUT2D eigenvalue weighted by atomic mass is 9.69. The number of rotatable bonds is 3. The summed E-state index contributed by atoms with van der Waals surface area (Å²) in [4.78, 5) is 14.7. The summed E-state index contributed by atoms with van der Waals surface area (Å²) in [6.07, 6.45) is 5.63. The largest absolute Gasteiger partial charge is 0.458 e. The zero-order valence-corrected chi connectivity index (χ0v) is 15.2. The second kappa shape index (κ2) is 7.23. The van der Waals surface area contributed by atoms with Crippen LogP contribution in [0.15, 0.2) is 24.3 Å². The van der Waals surface area contributed by atoms with Crippen molar-refractivity contribution in [2.45, 2.75) is 50.5 Å². The lowest BCUT2D eigenvalue weighted by molar-refractivity contribution is -0.153. The third kappa shape index (κ3) is 3.56.